The number of hydrogen-bond acceptors (Lipinski definition) is 4. The molecule has 1 aliphatic rings. The molecular weight excluding hydrogens is 320 g/mol. The van der Waals surface area contributed by atoms with Gasteiger partial charge in [0.25, 0.3) is 0 Å². The van der Waals surface area contributed by atoms with Gasteiger partial charge in [-0.3, -0.25) is 9.59 Å². The molecule has 3 rings (SSSR count). The Morgan fingerprint density at radius 3 is 2.56 bits per heavy atom. The molecule has 1 atom stereocenters. The minimum atomic E-state index is -0.413. The molecule has 2 amide bonds. The molecule has 2 aromatic rings. The first kappa shape index (κ1) is 16.8. The summed E-state index contributed by atoms with van der Waals surface area (Å²) in [5.74, 6) is 0.480. The largest absolute Gasteiger partial charge is 0.497 e. The molecule has 0 spiro atoms. The van der Waals surface area contributed by atoms with Gasteiger partial charge in [0.05, 0.1) is 25.8 Å². The fraction of sp³-hybridized carbons (Fsp3) is 0.263. The van der Waals surface area contributed by atoms with Crippen LogP contribution in [0, 0.1) is 5.92 Å². The summed E-state index contributed by atoms with van der Waals surface area (Å²) in [5.41, 5.74) is 1.33. The van der Waals surface area contributed by atoms with E-state index in [1.807, 2.05) is 30.3 Å². The molecule has 0 saturated carbocycles. The monoisotopic (exact) mass is 340 g/mol. The Labute approximate surface area is 146 Å². The van der Waals surface area contributed by atoms with Crippen molar-refractivity contribution < 1.29 is 19.1 Å². The molecule has 1 fully saturated rings. The first-order valence-corrected chi connectivity index (χ1v) is 8.00. The first-order valence-electron chi connectivity index (χ1n) is 8.00. The van der Waals surface area contributed by atoms with Crippen LogP contribution in [-0.4, -0.2) is 32.6 Å². The van der Waals surface area contributed by atoms with Crippen LogP contribution in [0.3, 0.4) is 0 Å². The summed E-state index contributed by atoms with van der Waals surface area (Å²) < 4.78 is 10.5. The van der Waals surface area contributed by atoms with E-state index in [0.29, 0.717) is 23.7 Å². The number of benzene rings is 2. The van der Waals surface area contributed by atoms with E-state index in [9.17, 15) is 9.59 Å². The van der Waals surface area contributed by atoms with E-state index in [1.54, 1.807) is 30.2 Å². The predicted molar refractivity (Wildman–Crippen MR) is 95.1 cm³/mol. The minimum absolute atomic E-state index is 0.0519. The van der Waals surface area contributed by atoms with Gasteiger partial charge >= 0.3 is 0 Å². The van der Waals surface area contributed by atoms with Crippen molar-refractivity contribution >= 4 is 23.2 Å². The summed E-state index contributed by atoms with van der Waals surface area (Å²) in [6.07, 6.45) is 0.188. The Bertz CT molecular complexity index is 776. The van der Waals surface area contributed by atoms with E-state index in [2.05, 4.69) is 5.32 Å². The van der Waals surface area contributed by atoms with Crippen LogP contribution in [0.25, 0.3) is 0 Å². The lowest BCUT2D eigenvalue weighted by Crippen LogP contribution is -2.28. The number of ether oxygens (including phenoxy) is 2. The molecule has 0 radical (unpaired) electrons. The van der Waals surface area contributed by atoms with Gasteiger partial charge in [-0.25, -0.2) is 0 Å². The van der Waals surface area contributed by atoms with Crippen LogP contribution in [0.4, 0.5) is 11.4 Å². The maximum absolute atomic E-state index is 12.6. The van der Waals surface area contributed by atoms with Crippen molar-refractivity contribution in [3.8, 4) is 11.5 Å². The van der Waals surface area contributed by atoms with Crippen molar-refractivity contribution in [2.24, 2.45) is 5.92 Å². The predicted octanol–water partition coefficient (Wildman–Crippen LogP) is 2.70. The van der Waals surface area contributed by atoms with Crippen LogP contribution in [0.15, 0.2) is 48.5 Å². The maximum atomic E-state index is 12.6. The first-order chi connectivity index (χ1) is 12.1. The third-order valence-electron chi connectivity index (χ3n) is 4.23. The molecule has 0 aromatic heterocycles. The second-order valence-electron chi connectivity index (χ2n) is 5.80. The van der Waals surface area contributed by atoms with Crippen LogP contribution in [-0.2, 0) is 9.59 Å². The van der Waals surface area contributed by atoms with E-state index in [1.165, 1.54) is 7.11 Å². The summed E-state index contributed by atoms with van der Waals surface area (Å²) in [5, 5.41) is 2.85. The molecule has 0 aliphatic carbocycles. The Balaban J connectivity index is 1.73. The molecular formula is C19H20N2O4. The molecule has 1 heterocycles. The fourth-order valence-electron chi connectivity index (χ4n) is 2.89. The van der Waals surface area contributed by atoms with Gasteiger partial charge < -0.3 is 19.7 Å². The van der Waals surface area contributed by atoms with Crippen molar-refractivity contribution in [2.45, 2.75) is 6.42 Å². The van der Waals surface area contributed by atoms with Gasteiger partial charge in [-0.2, -0.15) is 0 Å². The van der Waals surface area contributed by atoms with Crippen molar-refractivity contribution in [3.05, 3.63) is 48.5 Å². The van der Waals surface area contributed by atoms with Crippen LogP contribution >= 0.6 is 0 Å². The van der Waals surface area contributed by atoms with E-state index in [0.717, 1.165) is 5.69 Å². The Hall–Kier alpha value is -3.02. The molecule has 6 nitrogen and oxygen atoms in total. The summed E-state index contributed by atoms with van der Waals surface area (Å²) in [4.78, 5) is 26.5. The second kappa shape index (κ2) is 7.25. The van der Waals surface area contributed by atoms with Gasteiger partial charge in [0.1, 0.15) is 11.5 Å². The fourth-order valence-corrected chi connectivity index (χ4v) is 2.89. The highest BCUT2D eigenvalue weighted by Crippen LogP contribution is 2.31. The summed E-state index contributed by atoms with van der Waals surface area (Å²) in [7, 11) is 3.09. The molecule has 25 heavy (non-hydrogen) atoms. The Kier molecular flexibility index (Phi) is 4.88. The van der Waals surface area contributed by atoms with E-state index in [-0.39, 0.29) is 18.2 Å². The molecule has 0 unspecified atom stereocenters. The van der Waals surface area contributed by atoms with E-state index < -0.39 is 5.92 Å². The smallest absolute Gasteiger partial charge is 0.229 e. The number of rotatable bonds is 5. The van der Waals surface area contributed by atoms with Gasteiger partial charge in [0.15, 0.2) is 0 Å². The number of nitrogens with one attached hydrogen (secondary N) is 1. The lowest BCUT2D eigenvalue weighted by atomic mass is 10.1. The number of carbonyl (C=O) groups is 2. The third kappa shape index (κ3) is 3.57. The molecule has 6 heteroatoms. The zero-order valence-electron chi connectivity index (χ0n) is 14.2. The molecule has 1 saturated heterocycles. The van der Waals surface area contributed by atoms with Gasteiger partial charge in [-0.15, -0.1) is 0 Å². The van der Waals surface area contributed by atoms with Crippen LogP contribution in [0.1, 0.15) is 6.42 Å². The summed E-state index contributed by atoms with van der Waals surface area (Å²) in [6.45, 7) is 0.362. The zero-order valence-corrected chi connectivity index (χ0v) is 14.2. The average Bonchev–Trinajstić information content (AvgIpc) is 3.04. The molecule has 1 N–H and O–H groups in total. The lowest BCUT2D eigenvalue weighted by Gasteiger charge is -2.17. The molecule has 0 bridgehead atoms. The van der Waals surface area contributed by atoms with Crippen molar-refractivity contribution in [1.82, 2.24) is 0 Å². The van der Waals surface area contributed by atoms with Crippen molar-refractivity contribution in [2.75, 3.05) is 31.0 Å². The van der Waals surface area contributed by atoms with Crippen LogP contribution in [0.2, 0.25) is 0 Å². The van der Waals surface area contributed by atoms with Gasteiger partial charge in [0, 0.05) is 24.7 Å². The number of hydrogen-bond donors (Lipinski definition) is 1. The topological polar surface area (TPSA) is 67.9 Å². The third-order valence-corrected chi connectivity index (χ3v) is 4.23. The summed E-state index contributed by atoms with van der Waals surface area (Å²) in [6, 6.07) is 14.5. The number of amides is 2. The van der Waals surface area contributed by atoms with Crippen LogP contribution < -0.4 is 19.7 Å². The SMILES string of the molecule is COc1ccc(OC)c(NC(=O)[C@H]2CC(=O)N(c3ccccc3)C2)c1. The lowest BCUT2D eigenvalue weighted by molar-refractivity contribution is -0.122. The number of anilines is 2. The maximum Gasteiger partial charge on any atom is 0.229 e. The molecule has 1 aliphatic heterocycles. The van der Waals surface area contributed by atoms with Gasteiger partial charge in [0.2, 0.25) is 11.8 Å². The Morgan fingerprint density at radius 1 is 1.12 bits per heavy atom. The quantitative estimate of drug-likeness (QED) is 0.909. The Morgan fingerprint density at radius 2 is 1.88 bits per heavy atom. The minimum Gasteiger partial charge on any atom is -0.497 e. The van der Waals surface area contributed by atoms with Gasteiger partial charge in [-0.1, -0.05) is 18.2 Å². The number of nitrogens with zero attached hydrogens (tertiary/aromatic N) is 1. The highest BCUT2D eigenvalue weighted by Gasteiger charge is 2.35. The van der Waals surface area contributed by atoms with Crippen LogP contribution in [0.5, 0.6) is 11.5 Å². The number of methoxy groups -OCH3 is 2. The molecule has 2 aromatic carbocycles. The highest BCUT2D eigenvalue weighted by molar-refractivity contribution is 6.04. The van der Waals surface area contributed by atoms with E-state index in [4.69, 9.17) is 9.47 Å². The average molecular weight is 340 g/mol. The standard InChI is InChI=1S/C19H20N2O4/c1-24-15-8-9-17(25-2)16(11-15)20-19(23)13-10-18(22)21(12-13)14-6-4-3-5-7-14/h3-9,11,13H,10,12H2,1-2H3,(H,20,23)/t13-/m0/s1. The van der Waals surface area contributed by atoms with Crippen molar-refractivity contribution in [1.29, 1.82) is 0 Å². The highest BCUT2D eigenvalue weighted by atomic mass is 16.5. The van der Waals surface area contributed by atoms with Crippen molar-refractivity contribution in [3.63, 3.8) is 0 Å². The second-order valence-corrected chi connectivity index (χ2v) is 5.80. The number of carbonyl (C=O) groups excluding carboxylic acids is 2. The van der Waals surface area contributed by atoms with E-state index >= 15 is 0 Å². The normalized spacial score (nSPS) is 16.6. The molecule has 130 valence electrons. The zero-order chi connectivity index (χ0) is 17.8. The van der Waals surface area contributed by atoms with Gasteiger partial charge in [-0.05, 0) is 24.3 Å². The summed E-state index contributed by atoms with van der Waals surface area (Å²) >= 11 is 0. The number of para-hydroxylation sites is 1.